The van der Waals surface area contributed by atoms with Crippen molar-refractivity contribution in [1.82, 2.24) is 4.98 Å². The fourth-order valence-electron chi connectivity index (χ4n) is 3.02. The van der Waals surface area contributed by atoms with E-state index in [9.17, 15) is 0 Å². The van der Waals surface area contributed by atoms with Crippen LogP contribution in [0.4, 0.5) is 5.69 Å². The lowest BCUT2D eigenvalue weighted by atomic mass is 10.1. The highest BCUT2D eigenvalue weighted by Crippen LogP contribution is 2.32. The van der Waals surface area contributed by atoms with Gasteiger partial charge in [0.25, 0.3) is 0 Å². The molecule has 0 aliphatic carbocycles. The van der Waals surface area contributed by atoms with Crippen LogP contribution in [-0.2, 0) is 0 Å². The maximum absolute atomic E-state index is 5.56. The van der Waals surface area contributed by atoms with Gasteiger partial charge in [-0.1, -0.05) is 83.3 Å². The molecule has 1 heterocycles. The van der Waals surface area contributed by atoms with Gasteiger partial charge in [0.1, 0.15) is 5.03 Å². The summed E-state index contributed by atoms with van der Waals surface area (Å²) in [5.41, 5.74) is 1.08. The van der Waals surface area contributed by atoms with Crippen LogP contribution in [0.1, 0.15) is 84.0 Å². The highest BCUT2D eigenvalue weighted by molar-refractivity contribution is 7.99. The molecule has 1 N–H and O–H groups in total. The van der Waals surface area contributed by atoms with Crippen molar-refractivity contribution in [3.8, 4) is 0 Å². The molecule has 1 aromatic rings. The van der Waals surface area contributed by atoms with Crippen LogP contribution < -0.4 is 5.32 Å². The summed E-state index contributed by atoms with van der Waals surface area (Å²) in [6.45, 7) is 2.28. The topological polar surface area (TPSA) is 24.9 Å². The van der Waals surface area contributed by atoms with E-state index < -0.39 is 0 Å². The van der Waals surface area contributed by atoms with Gasteiger partial charge in [-0.05, 0) is 31.4 Å². The molecule has 0 amide bonds. The Labute approximate surface area is 175 Å². The molecule has 0 aromatic carbocycles. The molecule has 0 spiro atoms. The number of unbranched alkanes of at least 4 members (excludes halogenated alkanes) is 10. The minimum atomic E-state index is 0.944. The van der Waals surface area contributed by atoms with Crippen LogP contribution in [0.5, 0.6) is 0 Å². The van der Waals surface area contributed by atoms with E-state index in [4.69, 9.17) is 12.2 Å². The van der Waals surface area contributed by atoms with Crippen LogP contribution in [0.15, 0.2) is 22.2 Å². The zero-order valence-electron chi connectivity index (χ0n) is 16.8. The Balaban J connectivity index is 2.13. The summed E-state index contributed by atoms with van der Waals surface area (Å²) in [4.78, 5) is 6.61. The van der Waals surface area contributed by atoms with E-state index in [1.54, 1.807) is 23.5 Å². The molecule has 0 radical (unpaired) electrons. The molecule has 0 saturated carbocycles. The second-order valence-electron chi connectivity index (χ2n) is 6.73. The molecule has 0 unspecified atom stereocenters. The Hall–Kier alpha value is -0.260. The largest absolute Gasteiger partial charge is 0.347 e. The maximum atomic E-state index is 5.56. The number of rotatable bonds is 15. The average Bonchev–Trinajstić information content (AvgIpc) is 2.66. The van der Waals surface area contributed by atoms with E-state index in [1.807, 2.05) is 6.20 Å². The zero-order chi connectivity index (χ0) is 19.0. The van der Waals surface area contributed by atoms with E-state index in [1.165, 1.54) is 75.5 Å². The summed E-state index contributed by atoms with van der Waals surface area (Å²) in [6.07, 6.45) is 22.0. The molecule has 148 valence electrons. The number of anilines is 1. The standard InChI is InChI=1S/C21H36N2S3/c1-4-5-6-7-8-9-10-11-12-13-14-15-19(24)23-20-18(25-2)16-17-22-21(20)26-3/h16-17H,4-15H2,1-3H3,(H,23,24). The average molecular weight is 413 g/mol. The van der Waals surface area contributed by atoms with Gasteiger partial charge in [-0.2, -0.15) is 0 Å². The molecule has 0 fully saturated rings. The summed E-state index contributed by atoms with van der Waals surface area (Å²) in [5, 5.41) is 4.47. The van der Waals surface area contributed by atoms with Gasteiger partial charge in [0.15, 0.2) is 0 Å². The summed E-state index contributed by atoms with van der Waals surface area (Å²) in [5.74, 6) is 0. The van der Waals surface area contributed by atoms with Gasteiger partial charge >= 0.3 is 0 Å². The molecule has 0 aliphatic rings. The first-order valence-corrected chi connectivity index (χ1v) is 13.0. The van der Waals surface area contributed by atoms with Gasteiger partial charge in [0, 0.05) is 11.1 Å². The smallest absolute Gasteiger partial charge is 0.120 e. The minimum Gasteiger partial charge on any atom is -0.347 e. The third-order valence-electron chi connectivity index (χ3n) is 4.56. The number of hydrogen-bond acceptors (Lipinski definition) is 4. The van der Waals surface area contributed by atoms with Crippen molar-refractivity contribution in [2.45, 2.75) is 93.9 Å². The van der Waals surface area contributed by atoms with E-state index in [2.05, 4.69) is 35.8 Å². The monoisotopic (exact) mass is 412 g/mol. The van der Waals surface area contributed by atoms with Crippen molar-refractivity contribution in [2.75, 3.05) is 17.8 Å². The molecule has 0 saturated heterocycles. The van der Waals surface area contributed by atoms with Crippen molar-refractivity contribution in [3.05, 3.63) is 12.3 Å². The van der Waals surface area contributed by atoms with Crippen LogP contribution in [-0.4, -0.2) is 22.5 Å². The number of aromatic nitrogens is 1. The van der Waals surface area contributed by atoms with Gasteiger partial charge in [-0.25, -0.2) is 4.98 Å². The van der Waals surface area contributed by atoms with E-state index in [0.717, 1.165) is 22.1 Å². The SMILES string of the molecule is CCCCCCCCCCCCCC(=S)Nc1c(SC)ccnc1SC. The Morgan fingerprint density at radius 1 is 0.923 bits per heavy atom. The molecular formula is C21H36N2S3. The fourth-order valence-corrected chi connectivity index (χ4v) is 4.41. The van der Waals surface area contributed by atoms with Crippen molar-refractivity contribution < 1.29 is 0 Å². The van der Waals surface area contributed by atoms with Gasteiger partial charge in [-0.3, -0.25) is 0 Å². The second kappa shape index (κ2) is 15.8. The molecule has 2 nitrogen and oxygen atoms in total. The fraction of sp³-hybridized carbons (Fsp3) is 0.714. The number of thioether (sulfide) groups is 2. The normalized spacial score (nSPS) is 10.9. The van der Waals surface area contributed by atoms with Crippen molar-refractivity contribution in [1.29, 1.82) is 0 Å². The first-order valence-electron chi connectivity index (χ1n) is 10.1. The van der Waals surface area contributed by atoms with Gasteiger partial charge in [-0.15, -0.1) is 23.5 Å². The number of hydrogen-bond donors (Lipinski definition) is 1. The lowest BCUT2D eigenvalue weighted by Crippen LogP contribution is -2.11. The first-order chi connectivity index (χ1) is 12.7. The Morgan fingerprint density at radius 3 is 2.04 bits per heavy atom. The van der Waals surface area contributed by atoms with E-state index >= 15 is 0 Å². The maximum Gasteiger partial charge on any atom is 0.120 e. The quantitative estimate of drug-likeness (QED) is 0.179. The summed E-state index contributed by atoms with van der Waals surface area (Å²) in [6, 6.07) is 2.05. The van der Waals surface area contributed by atoms with Crippen LogP contribution >= 0.6 is 35.7 Å². The van der Waals surface area contributed by atoms with Gasteiger partial charge in [0.05, 0.1) is 10.7 Å². The summed E-state index contributed by atoms with van der Waals surface area (Å²) >= 11 is 8.97. The second-order valence-corrected chi connectivity index (χ2v) is 8.87. The third-order valence-corrected chi connectivity index (χ3v) is 6.35. The highest BCUT2D eigenvalue weighted by Gasteiger charge is 2.10. The Bertz CT molecular complexity index is 484. The van der Waals surface area contributed by atoms with Crippen LogP contribution in [0.2, 0.25) is 0 Å². The molecule has 26 heavy (non-hydrogen) atoms. The Morgan fingerprint density at radius 2 is 1.50 bits per heavy atom. The predicted octanol–water partition coefficient (Wildman–Crippen LogP) is 7.97. The van der Waals surface area contributed by atoms with Crippen molar-refractivity contribution >= 4 is 46.4 Å². The van der Waals surface area contributed by atoms with Gasteiger partial charge in [0.2, 0.25) is 0 Å². The third kappa shape index (κ3) is 10.2. The van der Waals surface area contributed by atoms with Crippen molar-refractivity contribution in [3.63, 3.8) is 0 Å². The lowest BCUT2D eigenvalue weighted by Gasteiger charge is -2.14. The predicted molar refractivity (Wildman–Crippen MR) is 125 cm³/mol. The molecule has 1 rings (SSSR count). The first kappa shape index (κ1) is 23.8. The van der Waals surface area contributed by atoms with E-state index in [-0.39, 0.29) is 0 Å². The summed E-state index contributed by atoms with van der Waals surface area (Å²) < 4.78 is 0. The molecule has 5 heteroatoms. The zero-order valence-corrected chi connectivity index (χ0v) is 19.3. The molecule has 1 aromatic heterocycles. The highest BCUT2D eigenvalue weighted by atomic mass is 32.2. The van der Waals surface area contributed by atoms with Crippen molar-refractivity contribution in [2.24, 2.45) is 0 Å². The number of pyridine rings is 1. The number of thiocarbonyl (C=S) groups is 1. The summed E-state index contributed by atoms with van der Waals surface area (Å²) in [7, 11) is 0. The molecule has 0 bridgehead atoms. The van der Waals surface area contributed by atoms with E-state index in [0.29, 0.717) is 0 Å². The van der Waals surface area contributed by atoms with Gasteiger partial charge < -0.3 is 5.32 Å². The minimum absolute atomic E-state index is 0.944. The number of nitrogens with zero attached hydrogens (tertiary/aromatic N) is 1. The molecule has 0 aliphatic heterocycles. The van der Waals surface area contributed by atoms with Crippen LogP contribution in [0.3, 0.4) is 0 Å². The lowest BCUT2D eigenvalue weighted by molar-refractivity contribution is 0.552. The van der Waals surface area contributed by atoms with Crippen LogP contribution in [0.25, 0.3) is 0 Å². The molecule has 0 atom stereocenters. The number of nitrogens with one attached hydrogen (secondary N) is 1. The Kier molecular flexibility index (Phi) is 14.4. The molecular weight excluding hydrogens is 376 g/mol. The van der Waals surface area contributed by atoms with Crippen LogP contribution in [0, 0.1) is 0 Å².